The van der Waals surface area contributed by atoms with Gasteiger partial charge in [-0.05, 0) is 12.1 Å². The van der Waals surface area contributed by atoms with E-state index in [9.17, 15) is 9.18 Å². The Labute approximate surface area is 178 Å². The first kappa shape index (κ1) is 20.2. The van der Waals surface area contributed by atoms with Crippen LogP contribution in [0.1, 0.15) is 10.4 Å². The van der Waals surface area contributed by atoms with Crippen LogP contribution >= 0.6 is 0 Å². The third-order valence-electron chi connectivity index (χ3n) is 4.75. The average Bonchev–Trinajstić information content (AvgIpc) is 3.27. The molecule has 4 rings (SSSR count). The minimum atomic E-state index is -0.636. The van der Waals surface area contributed by atoms with Crippen molar-refractivity contribution < 1.29 is 18.7 Å². The Kier molecular flexibility index (Phi) is 5.66. The van der Waals surface area contributed by atoms with E-state index in [0.717, 1.165) is 11.3 Å². The molecule has 4 aromatic rings. The minimum absolute atomic E-state index is 0.0193. The molecule has 0 saturated carbocycles. The number of carbonyl (C=O) groups is 1. The Bertz CT molecular complexity index is 1210. The Morgan fingerprint density at radius 3 is 2.19 bits per heavy atom. The van der Waals surface area contributed by atoms with Crippen molar-refractivity contribution in [2.45, 2.75) is 0 Å². The number of aromatic nitrogens is 2. The highest BCUT2D eigenvalue weighted by Crippen LogP contribution is 2.33. The largest absolute Gasteiger partial charge is 0.493 e. The number of carbonyl (C=O) groups excluding carboxylic acids is 1. The maximum absolute atomic E-state index is 14.6. The van der Waals surface area contributed by atoms with Crippen molar-refractivity contribution in [3.8, 4) is 28.4 Å². The van der Waals surface area contributed by atoms with Crippen LogP contribution in [-0.2, 0) is 0 Å². The first-order chi connectivity index (χ1) is 15.1. The molecule has 6 nitrogen and oxygen atoms in total. The normalized spacial score (nSPS) is 10.5. The number of rotatable bonds is 6. The number of methoxy groups -OCH3 is 2. The van der Waals surface area contributed by atoms with Gasteiger partial charge in [0, 0.05) is 23.9 Å². The summed E-state index contributed by atoms with van der Waals surface area (Å²) in [5.74, 6) is -0.586. The SMILES string of the molecule is COc1cc(F)c(NC(=O)c2cn(-c3ccccc3)nc2-c2ccccc2)cc1OC. The van der Waals surface area contributed by atoms with Crippen molar-refractivity contribution in [2.75, 3.05) is 19.5 Å². The second-order valence-corrected chi connectivity index (χ2v) is 6.68. The van der Waals surface area contributed by atoms with Crippen LogP contribution in [0, 0.1) is 5.82 Å². The first-order valence-corrected chi connectivity index (χ1v) is 9.54. The number of halogens is 1. The van der Waals surface area contributed by atoms with E-state index in [-0.39, 0.29) is 11.4 Å². The van der Waals surface area contributed by atoms with E-state index in [1.807, 2.05) is 60.7 Å². The second-order valence-electron chi connectivity index (χ2n) is 6.68. The van der Waals surface area contributed by atoms with Gasteiger partial charge in [-0.3, -0.25) is 4.79 Å². The van der Waals surface area contributed by atoms with E-state index >= 15 is 0 Å². The van der Waals surface area contributed by atoms with Crippen molar-refractivity contribution in [3.05, 3.63) is 90.4 Å². The smallest absolute Gasteiger partial charge is 0.259 e. The molecule has 0 saturated heterocycles. The summed E-state index contributed by atoms with van der Waals surface area (Å²) in [5.41, 5.74) is 2.35. The van der Waals surface area contributed by atoms with Crippen molar-refractivity contribution in [1.29, 1.82) is 0 Å². The zero-order valence-electron chi connectivity index (χ0n) is 17.0. The number of nitrogens with zero attached hydrogens (tertiary/aromatic N) is 2. The molecular formula is C24H20FN3O3. The zero-order valence-corrected chi connectivity index (χ0v) is 17.0. The topological polar surface area (TPSA) is 65.4 Å². The highest BCUT2D eigenvalue weighted by molar-refractivity contribution is 6.08. The maximum atomic E-state index is 14.6. The van der Waals surface area contributed by atoms with Gasteiger partial charge >= 0.3 is 0 Å². The van der Waals surface area contributed by atoms with Crippen LogP contribution in [-0.4, -0.2) is 29.9 Å². The number of para-hydroxylation sites is 1. The molecule has 1 heterocycles. The molecule has 0 aliphatic rings. The van der Waals surface area contributed by atoms with Gasteiger partial charge in [0.1, 0.15) is 5.69 Å². The molecule has 7 heteroatoms. The molecule has 0 atom stereocenters. The Balaban J connectivity index is 1.75. The summed E-state index contributed by atoms with van der Waals surface area (Å²) in [4.78, 5) is 13.2. The zero-order chi connectivity index (χ0) is 21.8. The lowest BCUT2D eigenvalue weighted by Crippen LogP contribution is -2.13. The van der Waals surface area contributed by atoms with Gasteiger partial charge in [0.25, 0.3) is 5.91 Å². The van der Waals surface area contributed by atoms with Crippen LogP contribution in [0.3, 0.4) is 0 Å². The Morgan fingerprint density at radius 1 is 0.935 bits per heavy atom. The summed E-state index contributed by atoms with van der Waals surface area (Å²) in [6.07, 6.45) is 1.63. The van der Waals surface area contributed by atoms with Crippen molar-refractivity contribution in [1.82, 2.24) is 9.78 Å². The van der Waals surface area contributed by atoms with E-state index in [1.165, 1.54) is 26.4 Å². The summed E-state index contributed by atoms with van der Waals surface area (Å²) >= 11 is 0. The summed E-state index contributed by atoms with van der Waals surface area (Å²) in [5, 5.41) is 7.24. The second kappa shape index (κ2) is 8.71. The van der Waals surface area contributed by atoms with E-state index in [1.54, 1.807) is 10.9 Å². The number of amides is 1. The number of ether oxygens (including phenoxy) is 2. The number of nitrogens with one attached hydrogen (secondary N) is 1. The summed E-state index contributed by atoms with van der Waals surface area (Å²) in [6.45, 7) is 0. The van der Waals surface area contributed by atoms with Gasteiger partial charge in [0.15, 0.2) is 17.3 Å². The van der Waals surface area contributed by atoms with E-state index in [2.05, 4.69) is 10.4 Å². The molecule has 0 spiro atoms. The molecule has 0 fully saturated rings. The summed E-state index contributed by atoms with van der Waals surface area (Å²) in [6, 6.07) is 21.4. The van der Waals surface area contributed by atoms with Gasteiger partial charge in [-0.2, -0.15) is 5.10 Å². The molecular weight excluding hydrogens is 397 g/mol. The molecule has 1 aromatic heterocycles. The quantitative estimate of drug-likeness (QED) is 0.482. The minimum Gasteiger partial charge on any atom is -0.493 e. The number of hydrogen-bond acceptors (Lipinski definition) is 4. The van der Waals surface area contributed by atoms with E-state index < -0.39 is 11.7 Å². The third kappa shape index (κ3) is 4.11. The van der Waals surface area contributed by atoms with Crippen LogP contribution in [0.25, 0.3) is 16.9 Å². The number of hydrogen-bond donors (Lipinski definition) is 1. The molecule has 0 aliphatic heterocycles. The van der Waals surface area contributed by atoms with E-state index in [0.29, 0.717) is 17.0 Å². The fraction of sp³-hybridized carbons (Fsp3) is 0.0833. The highest BCUT2D eigenvalue weighted by atomic mass is 19.1. The maximum Gasteiger partial charge on any atom is 0.259 e. The van der Waals surface area contributed by atoms with Crippen LogP contribution in [0.2, 0.25) is 0 Å². The summed E-state index contributed by atoms with van der Waals surface area (Å²) in [7, 11) is 2.86. The molecule has 0 unspecified atom stereocenters. The van der Waals surface area contributed by atoms with Crippen molar-refractivity contribution in [2.24, 2.45) is 0 Å². The van der Waals surface area contributed by atoms with E-state index in [4.69, 9.17) is 9.47 Å². The average molecular weight is 417 g/mol. The molecule has 156 valence electrons. The molecule has 3 aromatic carbocycles. The van der Waals surface area contributed by atoms with Gasteiger partial charge in [0.05, 0.1) is 31.2 Å². The number of anilines is 1. The lowest BCUT2D eigenvalue weighted by molar-refractivity contribution is 0.102. The highest BCUT2D eigenvalue weighted by Gasteiger charge is 2.21. The van der Waals surface area contributed by atoms with Gasteiger partial charge in [-0.25, -0.2) is 9.07 Å². The molecule has 0 radical (unpaired) electrons. The van der Waals surface area contributed by atoms with Gasteiger partial charge in [-0.1, -0.05) is 48.5 Å². The molecule has 31 heavy (non-hydrogen) atoms. The van der Waals surface area contributed by atoms with Crippen LogP contribution in [0.5, 0.6) is 11.5 Å². The standard InChI is InChI=1S/C24H20FN3O3/c1-30-21-13-19(25)20(14-22(21)31-2)26-24(29)18-15-28(17-11-7-4-8-12-17)27-23(18)16-9-5-3-6-10-16/h3-15H,1-2H3,(H,26,29). The predicted molar refractivity (Wildman–Crippen MR) is 116 cm³/mol. The van der Waals surface area contributed by atoms with Crippen molar-refractivity contribution >= 4 is 11.6 Å². The molecule has 1 N–H and O–H groups in total. The first-order valence-electron chi connectivity index (χ1n) is 9.54. The monoisotopic (exact) mass is 417 g/mol. The predicted octanol–water partition coefficient (Wildman–Crippen LogP) is 4.95. The van der Waals surface area contributed by atoms with Gasteiger partial charge in [-0.15, -0.1) is 0 Å². The van der Waals surface area contributed by atoms with Crippen molar-refractivity contribution in [3.63, 3.8) is 0 Å². The fourth-order valence-electron chi connectivity index (χ4n) is 3.20. The number of benzene rings is 3. The van der Waals surface area contributed by atoms with Gasteiger partial charge in [0.2, 0.25) is 0 Å². The third-order valence-corrected chi connectivity index (χ3v) is 4.75. The fourth-order valence-corrected chi connectivity index (χ4v) is 3.20. The van der Waals surface area contributed by atoms with Crippen LogP contribution < -0.4 is 14.8 Å². The molecule has 0 bridgehead atoms. The van der Waals surface area contributed by atoms with Gasteiger partial charge < -0.3 is 14.8 Å². The van der Waals surface area contributed by atoms with Crippen LogP contribution in [0.15, 0.2) is 79.0 Å². The molecule has 0 aliphatic carbocycles. The Morgan fingerprint density at radius 2 is 1.55 bits per heavy atom. The molecule has 1 amide bonds. The summed E-state index contributed by atoms with van der Waals surface area (Å²) < 4.78 is 26.5. The van der Waals surface area contributed by atoms with Crippen LogP contribution in [0.4, 0.5) is 10.1 Å². The Hall–Kier alpha value is -4.13. The lowest BCUT2D eigenvalue weighted by Gasteiger charge is -2.12. The lowest BCUT2D eigenvalue weighted by atomic mass is 10.1.